The van der Waals surface area contributed by atoms with E-state index in [1.54, 1.807) is 24.3 Å². The van der Waals surface area contributed by atoms with E-state index in [0.29, 0.717) is 17.7 Å². The van der Waals surface area contributed by atoms with Gasteiger partial charge in [-0.05, 0) is 36.6 Å². The van der Waals surface area contributed by atoms with Crippen molar-refractivity contribution < 1.29 is 22.8 Å². The minimum absolute atomic E-state index is 0.174. The van der Waals surface area contributed by atoms with Crippen LogP contribution in [0.1, 0.15) is 63.9 Å². The highest BCUT2D eigenvalue weighted by Crippen LogP contribution is 2.35. The molecule has 28 heavy (non-hydrogen) atoms. The van der Waals surface area contributed by atoms with E-state index in [1.165, 1.54) is 38.2 Å². The van der Waals surface area contributed by atoms with Crippen LogP contribution in [0, 0.1) is 0 Å². The van der Waals surface area contributed by atoms with Gasteiger partial charge in [-0.3, -0.25) is 4.55 Å². The molecule has 2 N–H and O–H groups in total. The van der Waals surface area contributed by atoms with Gasteiger partial charge < -0.3 is 9.84 Å². The van der Waals surface area contributed by atoms with Crippen LogP contribution in [-0.4, -0.2) is 18.1 Å². The zero-order chi connectivity index (χ0) is 20.4. The van der Waals surface area contributed by atoms with Crippen LogP contribution >= 0.6 is 0 Å². The number of ether oxygens (including phenoxy) is 1. The standard InChI is InChI=1S/C22H30O5S/c1-2-3-4-5-6-7-8-10-13-18-16-21(27-19-14-11-9-12-15-19)20(23)17-22(18)28(24,25)26/h9,11-12,14-17,23H,2-8,10,13H2,1H3,(H,24,25,26). The Balaban J connectivity index is 2.04. The Hall–Kier alpha value is -2.05. The molecule has 0 atom stereocenters. The lowest BCUT2D eigenvalue weighted by atomic mass is 10.0. The Bertz CT molecular complexity index is 832. The van der Waals surface area contributed by atoms with Crippen LogP contribution < -0.4 is 4.74 Å². The summed E-state index contributed by atoms with van der Waals surface area (Å²) in [4.78, 5) is -0.256. The third kappa shape index (κ3) is 7.17. The third-order valence-electron chi connectivity index (χ3n) is 4.69. The zero-order valence-electron chi connectivity index (χ0n) is 16.4. The Labute approximate surface area is 168 Å². The van der Waals surface area contributed by atoms with Crippen molar-refractivity contribution in [3.63, 3.8) is 0 Å². The lowest BCUT2D eigenvalue weighted by Crippen LogP contribution is -2.04. The van der Waals surface area contributed by atoms with Gasteiger partial charge in [0.05, 0.1) is 0 Å². The summed E-state index contributed by atoms with van der Waals surface area (Å²) in [6.07, 6.45) is 9.59. The molecule has 2 rings (SSSR count). The Kier molecular flexibility index (Phi) is 8.80. The van der Waals surface area contributed by atoms with Crippen molar-refractivity contribution in [2.75, 3.05) is 0 Å². The first-order chi connectivity index (χ1) is 13.4. The Morgan fingerprint density at radius 2 is 1.50 bits per heavy atom. The highest BCUT2D eigenvalue weighted by Gasteiger charge is 2.19. The molecule has 0 radical (unpaired) electrons. The molecule has 0 fully saturated rings. The summed E-state index contributed by atoms with van der Waals surface area (Å²) in [5.74, 6) is 0.389. The number of phenolic OH excluding ortho intramolecular Hbond substituents is 1. The van der Waals surface area contributed by atoms with Crippen molar-refractivity contribution in [2.45, 2.75) is 69.6 Å². The van der Waals surface area contributed by atoms with Crippen LogP contribution in [0.15, 0.2) is 47.4 Å². The normalized spacial score (nSPS) is 11.5. The smallest absolute Gasteiger partial charge is 0.294 e. The van der Waals surface area contributed by atoms with E-state index in [-0.39, 0.29) is 16.4 Å². The lowest BCUT2D eigenvalue weighted by Gasteiger charge is -2.13. The second-order valence-electron chi connectivity index (χ2n) is 7.04. The first-order valence-electron chi connectivity index (χ1n) is 9.98. The predicted molar refractivity (Wildman–Crippen MR) is 111 cm³/mol. The fraction of sp³-hybridized carbons (Fsp3) is 0.455. The van der Waals surface area contributed by atoms with Crippen molar-refractivity contribution in [3.05, 3.63) is 48.0 Å². The molecule has 6 heteroatoms. The number of rotatable bonds is 12. The highest BCUT2D eigenvalue weighted by molar-refractivity contribution is 7.85. The van der Waals surface area contributed by atoms with Crippen molar-refractivity contribution in [3.8, 4) is 17.2 Å². The molecule has 0 aliphatic heterocycles. The van der Waals surface area contributed by atoms with E-state index in [0.717, 1.165) is 25.3 Å². The van der Waals surface area contributed by atoms with Crippen LogP contribution in [0.3, 0.4) is 0 Å². The lowest BCUT2D eigenvalue weighted by molar-refractivity contribution is 0.407. The maximum Gasteiger partial charge on any atom is 0.294 e. The summed E-state index contributed by atoms with van der Waals surface area (Å²) >= 11 is 0. The average molecular weight is 407 g/mol. The topological polar surface area (TPSA) is 83.8 Å². The summed E-state index contributed by atoms with van der Waals surface area (Å²) < 4.78 is 38.6. The number of phenols is 1. The van der Waals surface area contributed by atoms with Crippen LogP contribution in [0.5, 0.6) is 17.2 Å². The maximum atomic E-state index is 11.7. The van der Waals surface area contributed by atoms with E-state index in [9.17, 15) is 18.1 Å². The highest BCUT2D eigenvalue weighted by atomic mass is 32.2. The van der Waals surface area contributed by atoms with Crippen molar-refractivity contribution in [1.29, 1.82) is 0 Å². The Morgan fingerprint density at radius 3 is 2.11 bits per heavy atom. The van der Waals surface area contributed by atoms with Gasteiger partial charge in [-0.15, -0.1) is 0 Å². The molecule has 0 saturated carbocycles. The molecular formula is C22H30O5S. The van der Waals surface area contributed by atoms with Gasteiger partial charge in [0.15, 0.2) is 11.5 Å². The molecule has 0 heterocycles. The number of hydrogen-bond donors (Lipinski definition) is 2. The van der Waals surface area contributed by atoms with E-state index >= 15 is 0 Å². The van der Waals surface area contributed by atoms with Crippen molar-refractivity contribution >= 4 is 10.1 Å². The molecule has 0 aliphatic rings. The van der Waals surface area contributed by atoms with E-state index in [4.69, 9.17) is 4.74 Å². The summed E-state index contributed by atoms with van der Waals surface area (Å²) in [5.41, 5.74) is 0.456. The van der Waals surface area contributed by atoms with Gasteiger partial charge in [-0.1, -0.05) is 70.1 Å². The molecule has 0 aromatic heterocycles. The van der Waals surface area contributed by atoms with Gasteiger partial charge in [0.1, 0.15) is 10.6 Å². The molecule has 154 valence electrons. The number of hydrogen-bond acceptors (Lipinski definition) is 4. The van der Waals surface area contributed by atoms with Crippen LogP contribution in [0.25, 0.3) is 0 Å². The number of aromatic hydroxyl groups is 1. The fourth-order valence-electron chi connectivity index (χ4n) is 3.17. The van der Waals surface area contributed by atoms with Crippen LogP contribution in [-0.2, 0) is 16.5 Å². The SMILES string of the molecule is CCCCCCCCCCc1cc(Oc2ccccc2)c(O)cc1S(=O)(=O)O. The molecule has 0 saturated heterocycles. The minimum atomic E-state index is -4.42. The van der Waals surface area contributed by atoms with Crippen molar-refractivity contribution in [2.24, 2.45) is 0 Å². The average Bonchev–Trinajstić information content (AvgIpc) is 2.66. The van der Waals surface area contributed by atoms with Crippen LogP contribution in [0.4, 0.5) is 0 Å². The fourth-order valence-corrected chi connectivity index (χ4v) is 3.93. The predicted octanol–water partition coefficient (Wildman–Crippen LogP) is 6.11. The summed E-state index contributed by atoms with van der Waals surface area (Å²) in [6.45, 7) is 2.19. The first-order valence-corrected chi connectivity index (χ1v) is 11.4. The molecular weight excluding hydrogens is 376 g/mol. The van der Waals surface area contributed by atoms with Gasteiger partial charge in [0.25, 0.3) is 10.1 Å². The van der Waals surface area contributed by atoms with Gasteiger partial charge in [-0.2, -0.15) is 8.42 Å². The molecule has 0 bridgehead atoms. The number of benzene rings is 2. The van der Waals surface area contributed by atoms with E-state index < -0.39 is 10.1 Å². The zero-order valence-corrected chi connectivity index (χ0v) is 17.2. The monoisotopic (exact) mass is 406 g/mol. The molecule has 5 nitrogen and oxygen atoms in total. The van der Waals surface area contributed by atoms with E-state index in [2.05, 4.69) is 6.92 Å². The maximum absolute atomic E-state index is 11.7. The molecule has 0 unspecified atom stereocenters. The summed E-state index contributed by atoms with van der Waals surface area (Å²) in [5, 5.41) is 10.2. The molecule has 2 aromatic rings. The number of aryl methyl sites for hydroxylation is 1. The Morgan fingerprint density at radius 1 is 0.893 bits per heavy atom. The third-order valence-corrected chi connectivity index (χ3v) is 5.63. The quantitative estimate of drug-likeness (QED) is 0.328. The van der Waals surface area contributed by atoms with Gasteiger partial charge in [0.2, 0.25) is 0 Å². The van der Waals surface area contributed by atoms with Gasteiger partial charge in [0, 0.05) is 6.07 Å². The van der Waals surface area contributed by atoms with Gasteiger partial charge >= 0.3 is 0 Å². The first kappa shape index (κ1) is 22.2. The van der Waals surface area contributed by atoms with Gasteiger partial charge in [-0.25, -0.2) is 0 Å². The number of unbranched alkanes of at least 4 members (excludes halogenated alkanes) is 7. The summed E-state index contributed by atoms with van der Waals surface area (Å²) in [7, 11) is -4.42. The molecule has 0 aliphatic carbocycles. The second kappa shape index (κ2) is 11.1. The minimum Gasteiger partial charge on any atom is -0.504 e. The molecule has 0 amide bonds. The molecule has 0 spiro atoms. The van der Waals surface area contributed by atoms with Crippen molar-refractivity contribution in [1.82, 2.24) is 0 Å². The van der Waals surface area contributed by atoms with E-state index in [1.807, 2.05) is 6.07 Å². The second-order valence-corrected chi connectivity index (χ2v) is 8.43. The largest absolute Gasteiger partial charge is 0.504 e. The summed E-state index contributed by atoms with van der Waals surface area (Å²) in [6, 6.07) is 11.5. The van der Waals surface area contributed by atoms with Crippen LogP contribution in [0.2, 0.25) is 0 Å². The molecule has 2 aromatic carbocycles. The number of para-hydroxylation sites is 1.